The van der Waals surface area contributed by atoms with Crippen molar-refractivity contribution < 1.29 is 9.53 Å². The second-order valence-corrected chi connectivity index (χ2v) is 5.35. The van der Waals surface area contributed by atoms with E-state index in [2.05, 4.69) is 10.2 Å². The lowest BCUT2D eigenvalue weighted by atomic mass is 10.1. The number of morpholine rings is 1. The highest BCUT2D eigenvalue weighted by molar-refractivity contribution is 6.05. The standard InChI is InChI=1S/C14H15N3O2/c18-13(17-7-8-19-9-14(17)5-6-14)12-10-3-1-2-4-11(10)15-16-12/h1-4H,5-9H2,(H,15,16). The molecule has 98 valence electrons. The highest BCUT2D eigenvalue weighted by atomic mass is 16.5. The molecular weight excluding hydrogens is 242 g/mol. The normalized spacial score (nSPS) is 20.9. The van der Waals surface area contributed by atoms with Crippen molar-refractivity contribution in [3.8, 4) is 0 Å². The predicted molar refractivity (Wildman–Crippen MR) is 69.9 cm³/mol. The number of nitrogens with zero attached hydrogens (tertiary/aromatic N) is 2. The van der Waals surface area contributed by atoms with Crippen LogP contribution in [0.1, 0.15) is 23.3 Å². The molecule has 1 aromatic carbocycles. The highest BCUT2D eigenvalue weighted by Gasteiger charge is 2.52. The molecule has 1 aliphatic carbocycles. The molecule has 5 nitrogen and oxygen atoms in total. The van der Waals surface area contributed by atoms with Gasteiger partial charge in [0.05, 0.1) is 24.3 Å². The Kier molecular flexibility index (Phi) is 2.20. The number of fused-ring (bicyclic) bond motifs is 1. The van der Waals surface area contributed by atoms with Crippen molar-refractivity contribution >= 4 is 16.8 Å². The molecule has 2 aromatic rings. The van der Waals surface area contributed by atoms with E-state index in [1.54, 1.807) is 0 Å². The van der Waals surface area contributed by atoms with E-state index in [4.69, 9.17) is 4.74 Å². The number of hydrogen-bond donors (Lipinski definition) is 1. The minimum Gasteiger partial charge on any atom is -0.377 e. The van der Waals surface area contributed by atoms with Crippen molar-refractivity contribution in [2.45, 2.75) is 18.4 Å². The first kappa shape index (κ1) is 11.0. The summed E-state index contributed by atoms with van der Waals surface area (Å²) in [4.78, 5) is 14.7. The van der Waals surface area contributed by atoms with Crippen molar-refractivity contribution in [2.75, 3.05) is 19.8 Å². The molecule has 2 heterocycles. The number of nitrogens with one attached hydrogen (secondary N) is 1. The second-order valence-electron chi connectivity index (χ2n) is 5.35. The number of rotatable bonds is 1. The van der Waals surface area contributed by atoms with Crippen LogP contribution in [0.2, 0.25) is 0 Å². The number of aromatic nitrogens is 2. The molecule has 1 aliphatic heterocycles. The van der Waals surface area contributed by atoms with Crippen LogP contribution >= 0.6 is 0 Å². The summed E-state index contributed by atoms with van der Waals surface area (Å²) in [6.45, 7) is 1.96. The number of H-pyrrole nitrogens is 1. The maximum atomic E-state index is 12.7. The Labute approximate surface area is 110 Å². The smallest absolute Gasteiger partial charge is 0.275 e. The molecule has 1 aromatic heterocycles. The summed E-state index contributed by atoms with van der Waals surface area (Å²) < 4.78 is 5.51. The summed E-state index contributed by atoms with van der Waals surface area (Å²) in [6.07, 6.45) is 2.09. The van der Waals surface area contributed by atoms with Crippen LogP contribution in [0.5, 0.6) is 0 Å². The largest absolute Gasteiger partial charge is 0.377 e. The first-order chi connectivity index (χ1) is 9.30. The van der Waals surface area contributed by atoms with Crippen LogP contribution in [0.4, 0.5) is 0 Å². The fourth-order valence-electron chi connectivity index (χ4n) is 2.86. The Hall–Kier alpha value is -1.88. The predicted octanol–water partition coefficient (Wildman–Crippen LogP) is 1.57. The number of hydrogen-bond acceptors (Lipinski definition) is 3. The molecule has 2 fully saturated rings. The van der Waals surface area contributed by atoms with Gasteiger partial charge in [-0.15, -0.1) is 0 Å². The Morgan fingerprint density at radius 3 is 3.05 bits per heavy atom. The van der Waals surface area contributed by atoms with Gasteiger partial charge < -0.3 is 9.64 Å². The van der Waals surface area contributed by atoms with Crippen LogP contribution in [-0.2, 0) is 4.74 Å². The summed E-state index contributed by atoms with van der Waals surface area (Å²) in [5.41, 5.74) is 1.39. The maximum Gasteiger partial charge on any atom is 0.275 e. The van der Waals surface area contributed by atoms with Crippen molar-refractivity contribution in [3.63, 3.8) is 0 Å². The first-order valence-electron chi connectivity index (χ1n) is 6.63. The number of carbonyl (C=O) groups is 1. The van der Waals surface area contributed by atoms with Gasteiger partial charge in [-0.05, 0) is 18.9 Å². The van der Waals surface area contributed by atoms with Crippen LogP contribution in [0, 0.1) is 0 Å². The zero-order chi connectivity index (χ0) is 12.9. The SMILES string of the molecule is O=C(c1n[nH]c2ccccc12)N1CCOCC12CC2. The van der Waals surface area contributed by atoms with Gasteiger partial charge in [-0.2, -0.15) is 5.10 Å². The average Bonchev–Trinajstić information content (AvgIpc) is 3.07. The van der Waals surface area contributed by atoms with Crippen LogP contribution in [0.25, 0.3) is 10.9 Å². The lowest BCUT2D eigenvalue weighted by Crippen LogP contribution is -2.50. The third-order valence-corrected chi connectivity index (χ3v) is 4.15. The molecule has 19 heavy (non-hydrogen) atoms. The molecule has 1 spiro atoms. The van der Waals surface area contributed by atoms with E-state index >= 15 is 0 Å². The molecule has 1 saturated carbocycles. The van der Waals surface area contributed by atoms with Crippen LogP contribution in [-0.4, -0.2) is 46.3 Å². The lowest BCUT2D eigenvalue weighted by molar-refractivity contribution is -0.0119. The van der Waals surface area contributed by atoms with E-state index in [1.807, 2.05) is 29.2 Å². The van der Waals surface area contributed by atoms with E-state index in [9.17, 15) is 4.79 Å². The van der Waals surface area contributed by atoms with Crippen LogP contribution in [0.15, 0.2) is 24.3 Å². The molecule has 4 rings (SSSR count). The highest BCUT2D eigenvalue weighted by Crippen LogP contribution is 2.44. The third-order valence-electron chi connectivity index (χ3n) is 4.15. The van der Waals surface area contributed by atoms with Gasteiger partial charge in [0, 0.05) is 11.9 Å². The second kappa shape index (κ2) is 3.81. The molecular formula is C14H15N3O2. The molecule has 5 heteroatoms. The Morgan fingerprint density at radius 1 is 1.37 bits per heavy atom. The van der Waals surface area contributed by atoms with Gasteiger partial charge in [0.15, 0.2) is 5.69 Å². The van der Waals surface area contributed by atoms with Gasteiger partial charge in [0.25, 0.3) is 5.91 Å². The number of benzene rings is 1. The monoisotopic (exact) mass is 257 g/mol. The number of ether oxygens (including phenoxy) is 1. The fourth-order valence-corrected chi connectivity index (χ4v) is 2.86. The van der Waals surface area contributed by atoms with Gasteiger partial charge in [-0.25, -0.2) is 0 Å². The molecule has 1 N–H and O–H groups in total. The topological polar surface area (TPSA) is 58.2 Å². The summed E-state index contributed by atoms with van der Waals surface area (Å²) in [5.74, 6) is 0.0262. The van der Waals surface area contributed by atoms with Gasteiger partial charge in [0.2, 0.25) is 0 Å². The van der Waals surface area contributed by atoms with Crippen LogP contribution < -0.4 is 0 Å². The van der Waals surface area contributed by atoms with E-state index in [-0.39, 0.29) is 11.4 Å². The third kappa shape index (κ3) is 1.58. The van der Waals surface area contributed by atoms with Crippen molar-refractivity contribution in [1.82, 2.24) is 15.1 Å². The minimum atomic E-state index is -0.0462. The summed E-state index contributed by atoms with van der Waals surface area (Å²) in [7, 11) is 0. The quantitative estimate of drug-likeness (QED) is 0.843. The molecule has 1 amide bonds. The van der Waals surface area contributed by atoms with Crippen molar-refractivity contribution in [3.05, 3.63) is 30.0 Å². The number of amides is 1. The Morgan fingerprint density at radius 2 is 2.21 bits per heavy atom. The minimum absolute atomic E-state index is 0.0262. The Bertz CT molecular complexity index is 645. The molecule has 1 saturated heterocycles. The van der Waals surface area contributed by atoms with Crippen LogP contribution in [0.3, 0.4) is 0 Å². The number of carbonyl (C=O) groups excluding carboxylic acids is 1. The van der Waals surface area contributed by atoms with E-state index in [0.717, 1.165) is 23.7 Å². The Balaban J connectivity index is 1.73. The van der Waals surface area contributed by atoms with Gasteiger partial charge in [0.1, 0.15) is 0 Å². The average molecular weight is 257 g/mol. The lowest BCUT2D eigenvalue weighted by Gasteiger charge is -2.35. The summed E-state index contributed by atoms with van der Waals surface area (Å²) in [5, 5.41) is 8.03. The zero-order valence-electron chi connectivity index (χ0n) is 10.6. The van der Waals surface area contributed by atoms with Crippen molar-refractivity contribution in [2.24, 2.45) is 0 Å². The van der Waals surface area contributed by atoms with Crippen molar-refractivity contribution in [1.29, 1.82) is 0 Å². The van der Waals surface area contributed by atoms with E-state index in [0.29, 0.717) is 25.5 Å². The number of para-hydroxylation sites is 1. The fraction of sp³-hybridized carbons (Fsp3) is 0.429. The van der Waals surface area contributed by atoms with E-state index in [1.165, 1.54) is 0 Å². The van der Waals surface area contributed by atoms with Gasteiger partial charge in [-0.3, -0.25) is 9.89 Å². The summed E-state index contributed by atoms with van der Waals surface area (Å²) >= 11 is 0. The molecule has 0 radical (unpaired) electrons. The molecule has 0 bridgehead atoms. The van der Waals surface area contributed by atoms with Gasteiger partial charge in [-0.1, -0.05) is 18.2 Å². The van der Waals surface area contributed by atoms with E-state index < -0.39 is 0 Å². The first-order valence-corrected chi connectivity index (χ1v) is 6.63. The number of aromatic amines is 1. The molecule has 0 atom stereocenters. The maximum absolute atomic E-state index is 12.7. The summed E-state index contributed by atoms with van der Waals surface area (Å²) in [6, 6.07) is 7.74. The molecule has 0 unspecified atom stereocenters. The zero-order valence-corrected chi connectivity index (χ0v) is 10.6. The molecule has 2 aliphatic rings. The van der Waals surface area contributed by atoms with Gasteiger partial charge >= 0.3 is 0 Å².